The molecule has 3 saturated heterocycles. The molecular formula is C8H13NO3. The summed E-state index contributed by atoms with van der Waals surface area (Å²) in [5, 5.41) is 9.17. The van der Waals surface area contributed by atoms with E-state index in [2.05, 4.69) is 0 Å². The number of hydrogen-bond donors (Lipinski definition) is 1. The number of fused-ring (bicyclic) bond motifs is 1. The van der Waals surface area contributed by atoms with E-state index in [1.807, 2.05) is 4.90 Å². The lowest BCUT2D eigenvalue weighted by atomic mass is 9.96. The molecule has 0 spiro atoms. The van der Waals surface area contributed by atoms with Crippen LogP contribution in [-0.4, -0.2) is 54.7 Å². The molecule has 0 aromatic heterocycles. The van der Waals surface area contributed by atoms with E-state index in [-0.39, 0.29) is 18.3 Å². The number of carbonyl (C=O) groups excluding carboxylic acids is 1. The average molecular weight is 171 g/mol. The first-order chi connectivity index (χ1) is 5.74. The molecule has 12 heavy (non-hydrogen) atoms. The van der Waals surface area contributed by atoms with Gasteiger partial charge in [-0.25, -0.2) is 0 Å². The zero-order valence-corrected chi connectivity index (χ0v) is 7.12. The van der Waals surface area contributed by atoms with Gasteiger partial charge in [-0.3, -0.25) is 9.69 Å². The van der Waals surface area contributed by atoms with Crippen molar-refractivity contribution in [3.8, 4) is 0 Å². The molecule has 3 rings (SSSR count). The Hall–Kier alpha value is -0.450. The van der Waals surface area contributed by atoms with Gasteiger partial charge in [0.1, 0.15) is 5.54 Å². The van der Waals surface area contributed by atoms with Crippen LogP contribution in [0.25, 0.3) is 0 Å². The van der Waals surface area contributed by atoms with Crippen molar-refractivity contribution in [2.24, 2.45) is 5.92 Å². The quantitative estimate of drug-likeness (QED) is 0.584. The van der Waals surface area contributed by atoms with Gasteiger partial charge in [0.2, 0.25) is 0 Å². The highest BCUT2D eigenvalue weighted by atomic mass is 16.5. The predicted molar refractivity (Wildman–Crippen MR) is 41.8 cm³/mol. The van der Waals surface area contributed by atoms with Crippen LogP contribution in [0.1, 0.15) is 0 Å². The minimum Gasteiger partial charge on any atom is -0.394 e. The fourth-order valence-corrected chi connectivity index (χ4v) is 2.15. The molecule has 68 valence electrons. The highest BCUT2D eigenvalue weighted by Gasteiger charge is 2.60. The van der Waals surface area contributed by atoms with Crippen molar-refractivity contribution >= 4 is 5.78 Å². The number of aliphatic hydroxyl groups is 1. The minimum absolute atomic E-state index is 0.115. The van der Waals surface area contributed by atoms with E-state index in [9.17, 15) is 9.90 Å². The molecule has 1 atom stereocenters. The van der Waals surface area contributed by atoms with Crippen LogP contribution < -0.4 is 0 Å². The molecule has 4 nitrogen and oxygen atoms in total. The maximum Gasteiger partial charge on any atom is 0.163 e. The van der Waals surface area contributed by atoms with Crippen molar-refractivity contribution in [3.05, 3.63) is 0 Å². The average Bonchev–Trinajstić information content (AvgIpc) is 2.37. The van der Waals surface area contributed by atoms with Gasteiger partial charge < -0.3 is 9.84 Å². The van der Waals surface area contributed by atoms with Gasteiger partial charge in [0.25, 0.3) is 0 Å². The SMILES string of the molecule is COC[C@]1(CO)C(=O)C2CN1C2. The lowest BCUT2D eigenvalue weighted by Crippen LogP contribution is -2.53. The van der Waals surface area contributed by atoms with E-state index >= 15 is 0 Å². The van der Waals surface area contributed by atoms with Gasteiger partial charge in [-0.15, -0.1) is 0 Å². The number of Topliss-reactive ketones (excluding diaryl/α,β-unsaturated/α-hetero) is 1. The second-order valence-electron chi connectivity index (χ2n) is 3.59. The third-order valence-corrected chi connectivity index (χ3v) is 2.96. The van der Waals surface area contributed by atoms with Gasteiger partial charge in [0, 0.05) is 26.1 Å². The van der Waals surface area contributed by atoms with Crippen LogP contribution in [0.4, 0.5) is 0 Å². The summed E-state index contributed by atoms with van der Waals surface area (Å²) < 4.78 is 4.96. The Morgan fingerprint density at radius 3 is 2.75 bits per heavy atom. The second kappa shape index (κ2) is 2.52. The molecule has 0 saturated carbocycles. The van der Waals surface area contributed by atoms with Crippen LogP contribution in [0.5, 0.6) is 0 Å². The second-order valence-corrected chi connectivity index (χ2v) is 3.59. The smallest absolute Gasteiger partial charge is 0.163 e. The van der Waals surface area contributed by atoms with Crippen LogP contribution in [0.15, 0.2) is 0 Å². The van der Waals surface area contributed by atoms with Crippen molar-refractivity contribution in [2.45, 2.75) is 5.54 Å². The van der Waals surface area contributed by atoms with Gasteiger partial charge in [0.15, 0.2) is 5.78 Å². The fourth-order valence-electron chi connectivity index (χ4n) is 2.15. The maximum absolute atomic E-state index is 11.6. The summed E-state index contributed by atoms with van der Waals surface area (Å²) in [7, 11) is 1.56. The highest BCUT2D eigenvalue weighted by Crippen LogP contribution is 2.39. The molecular weight excluding hydrogens is 158 g/mol. The topological polar surface area (TPSA) is 49.8 Å². The van der Waals surface area contributed by atoms with Crippen LogP contribution in [0.2, 0.25) is 0 Å². The fraction of sp³-hybridized carbons (Fsp3) is 0.875. The number of carbonyl (C=O) groups is 1. The molecule has 3 aliphatic heterocycles. The van der Waals surface area contributed by atoms with Gasteiger partial charge >= 0.3 is 0 Å². The minimum atomic E-state index is -0.695. The molecule has 2 bridgehead atoms. The molecule has 4 heteroatoms. The van der Waals surface area contributed by atoms with Crippen LogP contribution in [0, 0.1) is 5.92 Å². The Balaban J connectivity index is 2.21. The van der Waals surface area contributed by atoms with Gasteiger partial charge in [-0.1, -0.05) is 0 Å². The first-order valence-electron chi connectivity index (χ1n) is 4.14. The van der Waals surface area contributed by atoms with E-state index in [0.29, 0.717) is 6.61 Å². The molecule has 0 unspecified atom stereocenters. The summed E-state index contributed by atoms with van der Waals surface area (Å²) in [6, 6.07) is 0. The van der Waals surface area contributed by atoms with E-state index in [4.69, 9.17) is 4.74 Å². The van der Waals surface area contributed by atoms with E-state index in [1.54, 1.807) is 7.11 Å². The number of aliphatic hydroxyl groups excluding tert-OH is 1. The van der Waals surface area contributed by atoms with Gasteiger partial charge in [0.05, 0.1) is 13.2 Å². The van der Waals surface area contributed by atoms with Crippen molar-refractivity contribution < 1.29 is 14.6 Å². The standard InChI is InChI=1S/C8H13NO3/c1-12-5-8(4-10)7(11)6-2-9(8)3-6/h6,10H,2-5H2,1H3/t8-/m1/s1. The Morgan fingerprint density at radius 1 is 1.75 bits per heavy atom. The molecule has 0 radical (unpaired) electrons. The van der Waals surface area contributed by atoms with Crippen molar-refractivity contribution in [1.82, 2.24) is 4.90 Å². The Labute approximate surface area is 71.1 Å². The van der Waals surface area contributed by atoms with Crippen molar-refractivity contribution in [1.29, 1.82) is 0 Å². The predicted octanol–water partition coefficient (Wildman–Crippen LogP) is -1.12. The zero-order chi connectivity index (χ0) is 8.77. The number of methoxy groups -OCH3 is 1. The Bertz CT molecular complexity index is 212. The number of nitrogens with zero attached hydrogens (tertiary/aromatic N) is 1. The summed E-state index contributed by atoms with van der Waals surface area (Å²) in [6.45, 7) is 1.82. The number of hydrogen-bond acceptors (Lipinski definition) is 4. The van der Waals surface area contributed by atoms with Crippen molar-refractivity contribution in [2.75, 3.05) is 33.4 Å². The summed E-state index contributed by atoms with van der Waals surface area (Å²) in [4.78, 5) is 13.6. The lowest BCUT2D eigenvalue weighted by Gasteiger charge is -2.35. The summed E-state index contributed by atoms with van der Waals surface area (Å²) in [5.74, 6) is 0.319. The normalized spacial score (nSPS) is 44.7. The molecule has 1 N–H and O–H groups in total. The van der Waals surface area contributed by atoms with Crippen LogP contribution in [-0.2, 0) is 9.53 Å². The molecule has 0 aromatic rings. The van der Waals surface area contributed by atoms with Crippen LogP contribution >= 0.6 is 0 Å². The molecule has 0 aromatic carbocycles. The van der Waals surface area contributed by atoms with Crippen molar-refractivity contribution in [3.63, 3.8) is 0 Å². The highest BCUT2D eigenvalue weighted by molar-refractivity contribution is 5.96. The van der Waals surface area contributed by atoms with E-state index < -0.39 is 5.54 Å². The largest absolute Gasteiger partial charge is 0.394 e. The van der Waals surface area contributed by atoms with E-state index in [1.165, 1.54) is 0 Å². The summed E-state index contributed by atoms with van der Waals surface area (Å²) in [6.07, 6.45) is 0. The monoisotopic (exact) mass is 171 g/mol. The Kier molecular flexibility index (Phi) is 1.71. The third kappa shape index (κ3) is 0.748. The number of ketones is 1. The zero-order valence-electron chi connectivity index (χ0n) is 7.12. The van der Waals surface area contributed by atoms with Gasteiger partial charge in [-0.05, 0) is 0 Å². The first-order valence-corrected chi connectivity index (χ1v) is 4.14. The molecule has 3 aliphatic rings. The van der Waals surface area contributed by atoms with Gasteiger partial charge in [-0.2, -0.15) is 0 Å². The lowest BCUT2D eigenvalue weighted by molar-refractivity contribution is -0.127. The number of rotatable bonds is 3. The third-order valence-electron chi connectivity index (χ3n) is 2.96. The summed E-state index contributed by atoms with van der Waals surface area (Å²) >= 11 is 0. The molecule has 3 fully saturated rings. The first kappa shape index (κ1) is 8.16. The Morgan fingerprint density at radius 2 is 2.42 bits per heavy atom. The maximum atomic E-state index is 11.6. The summed E-state index contributed by atoms with van der Waals surface area (Å²) in [5.41, 5.74) is -0.695. The van der Waals surface area contributed by atoms with E-state index in [0.717, 1.165) is 13.1 Å². The molecule has 3 heterocycles. The number of ether oxygens (including phenoxy) is 1. The molecule has 0 aliphatic carbocycles. The van der Waals surface area contributed by atoms with Crippen LogP contribution in [0.3, 0.4) is 0 Å². The molecule has 0 amide bonds.